The molecule has 0 spiro atoms. The Morgan fingerprint density at radius 1 is 1.10 bits per heavy atom. The zero-order valence-corrected chi connectivity index (χ0v) is 16.0. The molecular formula is C21H17F3N6O. The van der Waals surface area contributed by atoms with Gasteiger partial charge in [0.05, 0.1) is 22.6 Å². The minimum atomic E-state index is -4.48. The van der Waals surface area contributed by atoms with E-state index in [1.165, 1.54) is 24.7 Å². The van der Waals surface area contributed by atoms with Gasteiger partial charge < -0.3 is 15.6 Å². The molecule has 2 aromatic heterocycles. The smallest absolute Gasteiger partial charge is 0.348 e. The standard InChI is InChI=1S/C21H17F3N6O/c22-21(23,24)14-5-3-4-13(10-14)18(11-26-19(31)17-8-9-25-12-27-17)30-20-28-15-6-1-2-7-16(15)29-20/h1-10,12,18H,11H2,(H,26,31)(H2,28,29,30). The third-order valence-electron chi connectivity index (χ3n) is 4.60. The quantitative estimate of drug-likeness (QED) is 0.434. The topological polar surface area (TPSA) is 95.6 Å². The number of carbonyl (C=O) groups is 1. The number of benzene rings is 2. The van der Waals surface area contributed by atoms with Crippen molar-refractivity contribution in [1.29, 1.82) is 0 Å². The van der Waals surface area contributed by atoms with Crippen LogP contribution in [0.1, 0.15) is 27.7 Å². The highest BCUT2D eigenvalue weighted by atomic mass is 19.4. The lowest BCUT2D eigenvalue weighted by molar-refractivity contribution is -0.137. The van der Waals surface area contributed by atoms with Crippen LogP contribution in [0.15, 0.2) is 67.1 Å². The van der Waals surface area contributed by atoms with Crippen LogP contribution >= 0.6 is 0 Å². The van der Waals surface area contributed by atoms with Gasteiger partial charge in [0.2, 0.25) is 5.95 Å². The van der Waals surface area contributed by atoms with E-state index >= 15 is 0 Å². The Bertz CT molecular complexity index is 1160. The molecule has 0 saturated heterocycles. The summed E-state index contributed by atoms with van der Waals surface area (Å²) in [5.41, 5.74) is 1.21. The molecule has 2 aromatic carbocycles. The normalized spacial score (nSPS) is 12.5. The van der Waals surface area contributed by atoms with Gasteiger partial charge in [0, 0.05) is 12.7 Å². The number of aromatic amines is 1. The van der Waals surface area contributed by atoms with Gasteiger partial charge in [0.25, 0.3) is 5.91 Å². The number of hydrogen-bond donors (Lipinski definition) is 3. The number of aromatic nitrogens is 4. The molecule has 1 amide bonds. The number of hydrogen-bond acceptors (Lipinski definition) is 5. The van der Waals surface area contributed by atoms with Crippen LogP contribution in [0.4, 0.5) is 19.1 Å². The van der Waals surface area contributed by atoms with Crippen molar-refractivity contribution in [2.45, 2.75) is 12.2 Å². The van der Waals surface area contributed by atoms with E-state index in [-0.39, 0.29) is 12.2 Å². The van der Waals surface area contributed by atoms with Gasteiger partial charge in [-0.25, -0.2) is 15.0 Å². The summed E-state index contributed by atoms with van der Waals surface area (Å²) in [4.78, 5) is 27.5. The Labute approximate surface area is 174 Å². The van der Waals surface area contributed by atoms with Crippen LogP contribution in [0.5, 0.6) is 0 Å². The molecule has 0 aliphatic carbocycles. The number of nitrogens with zero attached hydrogens (tertiary/aromatic N) is 3. The Balaban J connectivity index is 1.60. The summed E-state index contributed by atoms with van der Waals surface area (Å²) in [6.07, 6.45) is -1.81. The first-order valence-corrected chi connectivity index (χ1v) is 9.33. The SMILES string of the molecule is O=C(NCC(Nc1nc2ccccc2[nH]1)c1cccc(C(F)(F)F)c1)c1ccncn1. The summed E-state index contributed by atoms with van der Waals surface area (Å²) in [5.74, 6) is -0.0920. The van der Waals surface area contributed by atoms with Crippen LogP contribution < -0.4 is 10.6 Å². The predicted octanol–water partition coefficient (Wildman–Crippen LogP) is 3.95. The van der Waals surface area contributed by atoms with E-state index in [9.17, 15) is 18.0 Å². The first-order chi connectivity index (χ1) is 14.9. The van der Waals surface area contributed by atoms with Crippen LogP contribution in [-0.2, 0) is 6.18 Å². The summed E-state index contributed by atoms with van der Waals surface area (Å²) in [6, 6.07) is 13.0. The molecule has 3 N–H and O–H groups in total. The highest BCUT2D eigenvalue weighted by molar-refractivity contribution is 5.92. The van der Waals surface area contributed by atoms with Crippen molar-refractivity contribution >= 4 is 22.9 Å². The van der Waals surface area contributed by atoms with Crippen molar-refractivity contribution < 1.29 is 18.0 Å². The average molecular weight is 426 g/mol. The van der Waals surface area contributed by atoms with Crippen molar-refractivity contribution in [3.8, 4) is 0 Å². The Morgan fingerprint density at radius 2 is 1.94 bits per heavy atom. The molecule has 2 heterocycles. The molecule has 0 bridgehead atoms. The number of rotatable bonds is 6. The molecule has 1 unspecified atom stereocenters. The molecular weight excluding hydrogens is 409 g/mol. The predicted molar refractivity (Wildman–Crippen MR) is 108 cm³/mol. The zero-order chi connectivity index (χ0) is 21.8. The fourth-order valence-electron chi connectivity index (χ4n) is 3.08. The van der Waals surface area contributed by atoms with E-state index in [1.54, 1.807) is 6.07 Å². The van der Waals surface area contributed by atoms with Crippen LogP contribution in [0.2, 0.25) is 0 Å². The number of alkyl halides is 3. The number of anilines is 1. The van der Waals surface area contributed by atoms with Gasteiger partial charge in [-0.15, -0.1) is 0 Å². The molecule has 10 heteroatoms. The largest absolute Gasteiger partial charge is 0.416 e. The Hall–Kier alpha value is -3.95. The van der Waals surface area contributed by atoms with Crippen LogP contribution in [0.25, 0.3) is 11.0 Å². The monoisotopic (exact) mass is 426 g/mol. The van der Waals surface area contributed by atoms with Crippen LogP contribution in [0.3, 0.4) is 0 Å². The number of para-hydroxylation sites is 2. The van der Waals surface area contributed by atoms with Gasteiger partial charge in [0.1, 0.15) is 12.0 Å². The fraction of sp³-hybridized carbons (Fsp3) is 0.143. The highest BCUT2D eigenvalue weighted by Gasteiger charge is 2.31. The minimum Gasteiger partial charge on any atom is -0.348 e. The van der Waals surface area contributed by atoms with Gasteiger partial charge in [-0.1, -0.05) is 24.3 Å². The number of fused-ring (bicyclic) bond motifs is 1. The lowest BCUT2D eigenvalue weighted by atomic mass is 10.0. The van der Waals surface area contributed by atoms with Gasteiger partial charge in [-0.3, -0.25) is 4.79 Å². The van der Waals surface area contributed by atoms with Crippen LogP contribution in [-0.4, -0.2) is 32.4 Å². The molecule has 0 radical (unpaired) electrons. The fourth-order valence-corrected chi connectivity index (χ4v) is 3.08. The number of halogens is 3. The van der Waals surface area contributed by atoms with Crippen LogP contribution in [0, 0.1) is 0 Å². The van der Waals surface area contributed by atoms with E-state index in [0.29, 0.717) is 17.0 Å². The Kier molecular flexibility index (Phi) is 5.52. The lowest BCUT2D eigenvalue weighted by Crippen LogP contribution is -2.32. The van der Waals surface area contributed by atoms with E-state index in [0.717, 1.165) is 17.6 Å². The second-order valence-corrected chi connectivity index (χ2v) is 6.73. The summed E-state index contributed by atoms with van der Waals surface area (Å²) in [5, 5.41) is 5.78. The molecule has 31 heavy (non-hydrogen) atoms. The Morgan fingerprint density at radius 3 is 2.68 bits per heavy atom. The van der Waals surface area contributed by atoms with Crippen molar-refractivity contribution in [3.05, 3.63) is 83.9 Å². The second-order valence-electron chi connectivity index (χ2n) is 6.73. The zero-order valence-electron chi connectivity index (χ0n) is 16.0. The number of H-pyrrole nitrogens is 1. The molecule has 4 rings (SSSR count). The van der Waals surface area contributed by atoms with Gasteiger partial charge in [0.15, 0.2) is 0 Å². The molecule has 0 saturated carbocycles. The molecule has 158 valence electrons. The van der Waals surface area contributed by atoms with E-state index < -0.39 is 23.7 Å². The summed E-state index contributed by atoms with van der Waals surface area (Å²) < 4.78 is 39.6. The number of carbonyl (C=O) groups excluding carboxylic acids is 1. The highest BCUT2D eigenvalue weighted by Crippen LogP contribution is 2.31. The minimum absolute atomic E-state index is 0.00118. The molecule has 0 fully saturated rings. The maximum Gasteiger partial charge on any atom is 0.416 e. The van der Waals surface area contributed by atoms with Gasteiger partial charge in [-0.2, -0.15) is 13.2 Å². The number of amides is 1. The number of nitrogens with one attached hydrogen (secondary N) is 3. The van der Waals surface area contributed by atoms with E-state index in [1.807, 2.05) is 24.3 Å². The maximum absolute atomic E-state index is 13.2. The second kappa shape index (κ2) is 8.42. The van der Waals surface area contributed by atoms with E-state index in [2.05, 4.69) is 30.6 Å². The van der Waals surface area contributed by atoms with Gasteiger partial charge >= 0.3 is 6.18 Å². The molecule has 0 aliphatic heterocycles. The van der Waals surface area contributed by atoms with E-state index in [4.69, 9.17) is 0 Å². The third-order valence-corrected chi connectivity index (χ3v) is 4.60. The van der Waals surface area contributed by atoms with Crippen molar-refractivity contribution in [1.82, 2.24) is 25.3 Å². The number of imidazole rings is 1. The first-order valence-electron chi connectivity index (χ1n) is 9.33. The summed E-state index contributed by atoms with van der Waals surface area (Å²) in [6.45, 7) is 0.00118. The van der Waals surface area contributed by atoms with Crippen molar-refractivity contribution in [2.24, 2.45) is 0 Å². The summed E-state index contributed by atoms with van der Waals surface area (Å²) >= 11 is 0. The first kappa shape index (κ1) is 20.3. The maximum atomic E-state index is 13.2. The average Bonchev–Trinajstić information content (AvgIpc) is 3.19. The van der Waals surface area contributed by atoms with Crippen molar-refractivity contribution in [2.75, 3.05) is 11.9 Å². The molecule has 0 aliphatic rings. The summed E-state index contributed by atoms with van der Waals surface area (Å²) in [7, 11) is 0. The van der Waals surface area contributed by atoms with Crippen molar-refractivity contribution in [3.63, 3.8) is 0 Å². The van der Waals surface area contributed by atoms with Gasteiger partial charge in [-0.05, 0) is 35.9 Å². The molecule has 1 atom stereocenters. The lowest BCUT2D eigenvalue weighted by Gasteiger charge is -2.20. The molecule has 4 aromatic rings. The molecule has 7 nitrogen and oxygen atoms in total. The third kappa shape index (κ3) is 4.80.